The molecule has 0 radical (unpaired) electrons. The van der Waals surface area contributed by atoms with Crippen LogP contribution in [0.15, 0.2) is 24.3 Å². The van der Waals surface area contributed by atoms with Gasteiger partial charge in [0.05, 0.1) is 0 Å². The smallest absolute Gasteiger partial charge is 0.251 e. The fourth-order valence-corrected chi connectivity index (χ4v) is 2.53. The molecular formula is C15H23N3O. The maximum Gasteiger partial charge on any atom is 0.251 e. The van der Waals surface area contributed by atoms with Gasteiger partial charge in [-0.15, -0.1) is 0 Å². The molecule has 2 rings (SSSR count). The van der Waals surface area contributed by atoms with Gasteiger partial charge < -0.3 is 16.0 Å². The highest BCUT2D eigenvalue weighted by molar-refractivity contribution is 5.95. The van der Waals surface area contributed by atoms with Crippen LogP contribution in [0.25, 0.3) is 0 Å². The lowest BCUT2D eigenvalue weighted by molar-refractivity contribution is 0.0916. The molecule has 0 aromatic heterocycles. The van der Waals surface area contributed by atoms with Gasteiger partial charge in [0.2, 0.25) is 0 Å². The lowest BCUT2D eigenvalue weighted by Gasteiger charge is -2.29. The molecule has 1 aromatic carbocycles. The predicted octanol–water partition coefficient (Wildman–Crippen LogP) is 1.01. The van der Waals surface area contributed by atoms with Crippen molar-refractivity contribution in [3.05, 3.63) is 35.4 Å². The number of nitrogens with two attached hydrogens (primary N) is 1. The predicted molar refractivity (Wildman–Crippen MR) is 77.2 cm³/mol. The third kappa shape index (κ3) is 3.78. The molecular weight excluding hydrogens is 238 g/mol. The molecule has 104 valence electrons. The summed E-state index contributed by atoms with van der Waals surface area (Å²) in [4.78, 5) is 14.6. The van der Waals surface area contributed by atoms with Crippen LogP contribution in [-0.2, 0) is 6.42 Å². The van der Waals surface area contributed by atoms with E-state index in [1.807, 2.05) is 24.3 Å². The van der Waals surface area contributed by atoms with Gasteiger partial charge >= 0.3 is 0 Å². The lowest BCUT2D eigenvalue weighted by atomic mass is 10.0. The second-order valence-corrected chi connectivity index (χ2v) is 5.25. The molecule has 4 nitrogen and oxygen atoms in total. The number of piperidine rings is 1. The number of nitrogens with one attached hydrogen (secondary N) is 1. The highest BCUT2D eigenvalue weighted by Gasteiger charge is 2.19. The first-order chi connectivity index (χ1) is 9.20. The van der Waals surface area contributed by atoms with E-state index >= 15 is 0 Å². The Bertz CT molecular complexity index is 425. The Labute approximate surface area is 115 Å². The van der Waals surface area contributed by atoms with E-state index in [2.05, 4.69) is 17.3 Å². The molecule has 0 unspecified atom stereocenters. The van der Waals surface area contributed by atoms with Crippen LogP contribution in [0, 0.1) is 0 Å². The minimum absolute atomic E-state index is 0.0404. The quantitative estimate of drug-likeness (QED) is 0.850. The van der Waals surface area contributed by atoms with Crippen molar-refractivity contribution < 1.29 is 4.79 Å². The van der Waals surface area contributed by atoms with Crippen molar-refractivity contribution in [2.75, 3.05) is 26.7 Å². The standard InChI is InChI=1S/C15H23N3O/c1-18-10-7-13(8-11-18)17-15(19)14-5-3-2-4-12(14)6-9-16/h2-5,13H,6-11,16H2,1H3,(H,17,19). The molecule has 1 aliphatic heterocycles. The Hall–Kier alpha value is -1.39. The monoisotopic (exact) mass is 261 g/mol. The third-order valence-corrected chi connectivity index (χ3v) is 3.73. The molecule has 1 fully saturated rings. The molecule has 0 aliphatic carbocycles. The van der Waals surface area contributed by atoms with Gasteiger partial charge in [-0.25, -0.2) is 0 Å². The van der Waals surface area contributed by atoms with Crippen LogP contribution < -0.4 is 11.1 Å². The molecule has 0 atom stereocenters. The first kappa shape index (κ1) is 14.0. The summed E-state index contributed by atoms with van der Waals surface area (Å²) in [6.07, 6.45) is 2.81. The van der Waals surface area contributed by atoms with Gasteiger partial charge in [0.1, 0.15) is 0 Å². The van der Waals surface area contributed by atoms with Crippen LogP contribution in [0.1, 0.15) is 28.8 Å². The van der Waals surface area contributed by atoms with E-state index in [4.69, 9.17) is 5.73 Å². The second-order valence-electron chi connectivity index (χ2n) is 5.25. The van der Waals surface area contributed by atoms with Crippen LogP contribution >= 0.6 is 0 Å². The molecule has 4 heteroatoms. The van der Waals surface area contributed by atoms with Gasteiger partial charge in [0, 0.05) is 11.6 Å². The molecule has 0 spiro atoms. The summed E-state index contributed by atoms with van der Waals surface area (Å²) in [5.41, 5.74) is 7.40. The zero-order valence-corrected chi connectivity index (χ0v) is 11.6. The van der Waals surface area contributed by atoms with Crippen molar-refractivity contribution in [2.45, 2.75) is 25.3 Å². The summed E-state index contributed by atoms with van der Waals surface area (Å²) in [6.45, 7) is 2.67. The maximum absolute atomic E-state index is 12.3. The second kappa shape index (κ2) is 6.68. The van der Waals surface area contributed by atoms with Gasteiger partial charge in [-0.1, -0.05) is 18.2 Å². The average molecular weight is 261 g/mol. The molecule has 1 aromatic rings. The van der Waals surface area contributed by atoms with Crippen molar-refractivity contribution in [3.8, 4) is 0 Å². The highest BCUT2D eigenvalue weighted by atomic mass is 16.1. The molecule has 3 N–H and O–H groups in total. The number of likely N-dealkylation sites (tertiary alicyclic amines) is 1. The SMILES string of the molecule is CN1CCC(NC(=O)c2ccccc2CCN)CC1. The summed E-state index contributed by atoms with van der Waals surface area (Å²) in [7, 11) is 2.12. The van der Waals surface area contributed by atoms with Gasteiger partial charge in [-0.05, 0) is 57.6 Å². The Kier molecular flexibility index (Phi) is 4.93. The molecule has 19 heavy (non-hydrogen) atoms. The molecule has 1 aliphatic rings. The Balaban J connectivity index is 1.99. The Morgan fingerprint density at radius 3 is 2.74 bits per heavy atom. The van der Waals surface area contributed by atoms with Crippen LogP contribution in [0.4, 0.5) is 0 Å². The summed E-state index contributed by atoms with van der Waals surface area (Å²) in [6, 6.07) is 8.03. The molecule has 1 saturated heterocycles. The Morgan fingerprint density at radius 2 is 2.05 bits per heavy atom. The number of carbonyl (C=O) groups excluding carboxylic acids is 1. The largest absolute Gasteiger partial charge is 0.349 e. The van der Waals surface area contributed by atoms with Crippen molar-refractivity contribution >= 4 is 5.91 Å². The minimum Gasteiger partial charge on any atom is -0.349 e. The lowest BCUT2D eigenvalue weighted by Crippen LogP contribution is -2.43. The molecule has 1 amide bonds. The third-order valence-electron chi connectivity index (χ3n) is 3.73. The van der Waals surface area contributed by atoms with E-state index in [0.29, 0.717) is 12.6 Å². The zero-order valence-electron chi connectivity index (χ0n) is 11.6. The normalized spacial score (nSPS) is 17.4. The average Bonchev–Trinajstić information content (AvgIpc) is 2.42. The number of carbonyl (C=O) groups is 1. The summed E-state index contributed by atoms with van der Waals surface area (Å²) < 4.78 is 0. The van der Waals surface area contributed by atoms with Crippen LogP contribution in [0.2, 0.25) is 0 Å². The van der Waals surface area contributed by atoms with E-state index in [9.17, 15) is 4.79 Å². The number of benzene rings is 1. The fraction of sp³-hybridized carbons (Fsp3) is 0.533. The van der Waals surface area contributed by atoms with Crippen molar-refractivity contribution in [3.63, 3.8) is 0 Å². The Morgan fingerprint density at radius 1 is 1.37 bits per heavy atom. The molecule has 1 heterocycles. The van der Waals surface area contributed by atoms with E-state index in [1.54, 1.807) is 0 Å². The zero-order chi connectivity index (χ0) is 13.7. The first-order valence-electron chi connectivity index (χ1n) is 6.98. The highest BCUT2D eigenvalue weighted by Crippen LogP contribution is 2.12. The van der Waals surface area contributed by atoms with Crippen molar-refractivity contribution in [1.82, 2.24) is 10.2 Å². The number of nitrogens with zero attached hydrogens (tertiary/aromatic N) is 1. The summed E-state index contributed by atoms with van der Waals surface area (Å²) in [5.74, 6) is 0.0404. The minimum atomic E-state index is 0.0404. The number of amides is 1. The van der Waals surface area contributed by atoms with Crippen LogP contribution in [0.3, 0.4) is 0 Å². The summed E-state index contributed by atoms with van der Waals surface area (Å²) in [5, 5.41) is 3.15. The fourth-order valence-electron chi connectivity index (χ4n) is 2.53. The summed E-state index contributed by atoms with van der Waals surface area (Å²) >= 11 is 0. The number of hydrogen-bond donors (Lipinski definition) is 2. The first-order valence-corrected chi connectivity index (χ1v) is 6.98. The van der Waals surface area contributed by atoms with E-state index in [0.717, 1.165) is 43.5 Å². The van der Waals surface area contributed by atoms with Crippen molar-refractivity contribution in [2.24, 2.45) is 5.73 Å². The van der Waals surface area contributed by atoms with Crippen LogP contribution in [0.5, 0.6) is 0 Å². The topological polar surface area (TPSA) is 58.4 Å². The van der Waals surface area contributed by atoms with E-state index < -0.39 is 0 Å². The van der Waals surface area contributed by atoms with E-state index in [-0.39, 0.29) is 5.91 Å². The van der Waals surface area contributed by atoms with Gasteiger partial charge in [0.15, 0.2) is 0 Å². The maximum atomic E-state index is 12.3. The van der Waals surface area contributed by atoms with E-state index in [1.165, 1.54) is 0 Å². The molecule has 0 saturated carbocycles. The van der Waals surface area contributed by atoms with Gasteiger partial charge in [-0.2, -0.15) is 0 Å². The number of hydrogen-bond acceptors (Lipinski definition) is 3. The van der Waals surface area contributed by atoms with Crippen LogP contribution in [-0.4, -0.2) is 43.5 Å². The van der Waals surface area contributed by atoms with Gasteiger partial charge in [-0.3, -0.25) is 4.79 Å². The van der Waals surface area contributed by atoms with Gasteiger partial charge in [0.25, 0.3) is 5.91 Å². The molecule has 0 bridgehead atoms. The van der Waals surface area contributed by atoms with Crippen molar-refractivity contribution in [1.29, 1.82) is 0 Å². The number of rotatable bonds is 4.